The van der Waals surface area contributed by atoms with Gasteiger partial charge < -0.3 is 9.64 Å². The van der Waals surface area contributed by atoms with E-state index in [2.05, 4.69) is 34.1 Å². The topological polar surface area (TPSA) is 42.4 Å². The Morgan fingerprint density at radius 3 is 2.58 bits per heavy atom. The van der Waals surface area contributed by atoms with E-state index in [4.69, 9.17) is 4.74 Å². The van der Waals surface area contributed by atoms with E-state index in [1.165, 1.54) is 16.7 Å². The molecule has 1 atom stereocenters. The van der Waals surface area contributed by atoms with Crippen molar-refractivity contribution in [2.45, 2.75) is 44.7 Å². The minimum atomic E-state index is 0.271. The highest BCUT2D eigenvalue weighted by atomic mass is 16.5. The van der Waals surface area contributed by atoms with Crippen LogP contribution in [0.1, 0.15) is 36.0 Å². The number of amides is 1. The largest absolute Gasteiger partial charge is 0.381 e. The summed E-state index contributed by atoms with van der Waals surface area (Å²) in [6.07, 6.45) is 8.01. The molecule has 0 radical (unpaired) electrons. The van der Waals surface area contributed by atoms with Gasteiger partial charge in [0.05, 0.1) is 0 Å². The van der Waals surface area contributed by atoms with Crippen LogP contribution >= 0.6 is 0 Å². The van der Waals surface area contributed by atoms with E-state index in [0.717, 1.165) is 45.4 Å². The third-order valence-corrected chi connectivity index (χ3v) is 5.80. The minimum Gasteiger partial charge on any atom is -0.381 e. The van der Waals surface area contributed by atoms with Crippen LogP contribution < -0.4 is 0 Å². The molecule has 0 aliphatic carbocycles. The second kappa shape index (κ2) is 8.00. The molecule has 2 aromatic rings. The summed E-state index contributed by atoms with van der Waals surface area (Å²) in [5.41, 5.74) is 3.88. The highest BCUT2D eigenvalue weighted by Crippen LogP contribution is 2.32. The van der Waals surface area contributed by atoms with Crippen LogP contribution in [0.3, 0.4) is 0 Å². The molecule has 4 nitrogen and oxygen atoms in total. The van der Waals surface area contributed by atoms with Crippen molar-refractivity contribution in [3.05, 3.63) is 65.5 Å². The molecule has 1 aromatic carbocycles. The van der Waals surface area contributed by atoms with Gasteiger partial charge in [0.15, 0.2) is 0 Å². The van der Waals surface area contributed by atoms with Crippen LogP contribution in [0.15, 0.2) is 48.8 Å². The Labute approximate surface area is 155 Å². The standard InChI is InChI=1S/C22H26N2O2/c25-22(6-5-17-7-11-23-12-8-17)24-16-20-4-2-1-3-19(20)15-21(24)18-9-13-26-14-10-18/h1-4,7-8,11-12,18,21H,5-6,9-10,13-16H2. The summed E-state index contributed by atoms with van der Waals surface area (Å²) < 4.78 is 5.55. The Hall–Kier alpha value is -2.20. The molecular formula is C22H26N2O2. The first-order valence-electron chi connectivity index (χ1n) is 9.64. The van der Waals surface area contributed by atoms with E-state index >= 15 is 0 Å². The summed E-state index contributed by atoms with van der Waals surface area (Å²) in [6, 6.07) is 12.9. The number of aromatic nitrogens is 1. The molecule has 0 bridgehead atoms. The summed E-state index contributed by atoms with van der Waals surface area (Å²) in [4.78, 5) is 19.3. The third-order valence-electron chi connectivity index (χ3n) is 5.80. The minimum absolute atomic E-state index is 0.271. The van der Waals surface area contributed by atoms with Gasteiger partial charge in [-0.3, -0.25) is 9.78 Å². The molecule has 1 fully saturated rings. The Balaban J connectivity index is 1.51. The summed E-state index contributed by atoms with van der Waals surface area (Å²) in [5.74, 6) is 0.815. The maximum atomic E-state index is 13.1. The number of carbonyl (C=O) groups is 1. The van der Waals surface area contributed by atoms with Crippen molar-refractivity contribution >= 4 is 5.91 Å². The Bertz CT molecular complexity index is 741. The lowest BCUT2D eigenvalue weighted by molar-refractivity contribution is -0.137. The first kappa shape index (κ1) is 17.2. The molecule has 0 N–H and O–H groups in total. The molecule has 0 saturated carbocycles. The van der Waals surface area contributed by atoms with Crippen LogP contribution in [0, 0.1) is 5.92 Å². The van der Waals surface area contributed by atoms with Gasteiger partial charge in [0.25, 0.3) is 0 Å². The Morgan fingerprint density at radius 1 is 1.08 bits per heavy atom. The van der Waals surface area contributed by atoms with Crippen LogP contribution in [0.5, 0.6) is 0 Å². The lowest BCUT2D eigenvalue weighted by atomic mass is 9.82. The average Bonchev–Trinajstić information content (AvgIpc) is 2.72. The molecule has 1 amide bonds. The van der Waals surface area contributed by atoms with Gasteiger partial charge in [-0.25, -0.2) is 0 Å². The predicted octanol–water partition coefficient (Wildman–Crippen LogP) is 3.39. The number of fused-ring (bicyclic) bond motifs is 1. The fraction of sp³-hybridized carbons (Fsp3) is 0.455. The van der Waals surface area contributed by atoms with Crippen molar-refractivity contribution in [1.82, 2.24) is 9.88 Å². The lowest BCUT2D eigenvalue weighted by Gasteiger charge is -2.42. The molecule has 1 aromatic heterocycles. The highest BCUT2D eigenvalue weighted by molar-refractivity contribution is 5.77. The normalized spacial score (nSPS) is 20.6. The summed E-state index contributed by atoms with van der Waals surface area (Å²) in [7, 11) is 0. The van der Waals surface area contributed by atoms with E-state index in [0.29, 0.717) is 18.4 Å². The highest BCUT2D eigenvalue weighted by Gasteiger charge is 2.35. The number of hydrogen-bond acceptors (Lipinski definition) is 3. The molecule has 4 heteroatoms. The van der Waals surface area contributed by atoms with Gasteiger partial charge in [-0.1, -0.05) is 24.3 Å². The van der Waals surface area contributed by atoms with Gasteiger partial charge in [-0.2, -0.15) is 0 Å². The second-order valence-electron chi connectivity index (χ2n) is 7.37. The smallest absolute Gasteiger partial charge is 0.223 e. The molecule has 26 heavy (non-hydrogen) atoms. The van der Waals surface area contributed by atoms with Crippen molar-refractivity contribution in [2.75, 3.05) is 13.2 Å². The van der Waals surface area contributed by atoms with E-state index < -0.39 is 0 Å². The quantitative estimate of drug-likeness (QED) is 0.849. The summed E-state index contributed by atoms with van der Waals surface area (Å²) in [6.45, 7) is 2.39. The van der Waals surface area contributed by atoms with E-state index in [1.807, 2.05) is 12.1 Å². The zero-order chi connectivity index (χ0) is 17.8. The number of pyridine rings is 1. The zero-order valence-electron chi connectivity index (χ0n) is 15.1. The molecule has 3 heterocycles. The van der Waals surface area contributed by atoms with Crippen molar-refractivity contribution < 1.29 is 9.53 Å². The Morgan fingerprint density at radius 2 is 1.81 bits per heavy atom. The van der Waals surface area contributed by atoms with Crippen molar-refractivity contribution in [1.29, 1.82) is 0 Å². The van der Waals surface area contributed by atoms with Crippen LogP contribution in [-0.4, -0.2) is 35.0 Å². The number of benzene rings is 1. The first-order valence-corrected chi connectivity index (χ1v) is 9.64. The maximum Gasteiger partial charge on any atom is 0.223 e. The van der Waals surface area contributed by atoms with Crippen molar-refractivity contribution in [2.24, 2.45) is 5.92 Å². The fourth-order valence-corrected chi connectivity index (χ4v) is 4.29. The molecule has 1 saturated heterocycles. The second-order valence-corrected chi connectivity index (χ2v) is 7.37. The van der Waals surface area contributed by atoms with Crippen molar-refractivity contribution in [3.8, 4) is 0 Å². The van der Waals surface area contributed by atoms with Gasteiger partial charge >= 0.3 is 0 Å². The van der Waals surface area contributed by atoms with Gasteiger partial charge in [0.1, 0.15) is 0 Å². The summed E-state index contributed by atoms with van der Waals surface area (Å²) in [5, 5.41) is 0. The molecule has 136 valence electrons. The van der Waals surface area contributed by atoms with Gasteiger partial charge in [-0.15, -0.1) is 0 Å². The monoisotopic (exact) mass is 350 g/mol. The van der Waals surface area contributed by atoms with Crippen LogP contribution in [0.4, 0.5) is 0 Å². The predicted molar refractivity (Wildman–Crippen MR) is 101 cm³/mol. The first-order chi connectivity index (χ1) is 12.8. The molecule has 0 spiro atoms. The van der Waals surface area contributed by atoms with E-state index in [-0.39, 0.29) is 5.91 Å². The molecule has 4 rings (SSSR count). The van der Waals surface area contributed by atoms with E-state index in [1.54, 1.807) is 12.4 Å². The number of ether oxygens (including phenoxy) is 1. The molecule has 2 aliphatic rings. The van der Waals surface area contributed by atoms with Crippen LogP contribution in [0.2, 0.25) is 0 Å². The SMILES string of the molecule is O=C(CCc1ccncc1)N1Cc2ccccc2CC1C1CCOCC1. The van der Waals surface area contributed by atoms with Gasteiger partial charge in [0.2, 0.25) is 5.91 Å². The molecule has 1 unspecified atom stereocenters. The number of aryl methyl sites for hydroxylation is 1. The van der Waals surface area contributed by atoms with Crippen LogP contribution in [-0.2, 0) is 28.9 Å². The number of hydrogen-bond donors (Lipinski definition) is 0. The zero-order valence-corrected chi connectivity index (χ0v) is 15.1. The average molecular weight is 350 g/mol. The maximum absolute atomic E-state index is 13.1. The fourth-order valence-electron chi connectivity index (χ4n) is 4.29. The lowest BCUT2D eigenvalue weighted by Crippen LogP contribution is -2.49. The molecule has 2 aliphatic heterocycles. The molecular weight excluding hydrogens is 324 g/mol. The van der Waals surface area contributed by atoms with E-state index in [9.17, 15) is 4.79 Å². The number of carbonyl (C=O) groups excluding carboxylic acids is 1. The third kappa shape index (κ3) is 3.80. The Kier molecular flexibility index (Phi) is 5.30. The van der Waals surface area contributed by atoms with Crippen LogP contribution in [0.25, 0.3) is 0 Å². The van der Waals surface area contributed by atoms with Crippen molar-refractivity contribution in [3.63, 3.8) is 0 Å². The number of rotatable bonds is 4. The summed E-state index contributed by atoms with van der Waals surface area (Å²) >= 11 is 0. The van der Waals surface area contributed by atoms with Gasteiger partial charge in [-0.05, 0) is 60.4 Å². The van der Waals surface area contributed by atoms with Gasteiger partial charge in [0, 0.05) is 44.6 Å². The number of nitrogens with zero attached hydrogens (tertiary/aromatic N) is 2.